The van der Waals surface area contributed by atoms with E-state index in [0.717, 1.165) is 42.6 Å². The van der Waals surface area contributed by atoms with Gasteiger partial charge in [0.2, 0.25) is 0 Å². The van der Waals surface area contributed by atoms with E-state index < -0.39 is 0 Å². The molecular formula is C26H35NO3. The maximum atomic E-state index is 12.6. The van der Waals surface area contributed by atoms with Crippen LogP contribution >= 0.6 is 0 Å². The van der Waals surface area contributed by atoms with Gasteiger partial charge in [0.1, 0.15) is 11.5 Å². The van der Waals surface area contributed by atoms with Gasteiger partial charge in [-0.3, -0.25) is 4.79 Å². The molecule has 0 bridgehead atoms. The van der Waals surface area contributed by atoms with Crippen molar-refractivity contribution in [1.82, 2.24) is 0 Å². The largest absolute Gasteiger partial charge is 0.494 e. The fourth-order valence-corrected chi connectivity index (χ4v) is 3.80. The number of amides is 1. The highest BCUT2D eigenvalue weighted by atomic mass is 16.5. The van der Waals surface area contributed by atoms with E-state index in [1.54, 1.807) is 12.1 Å². The molecule has 0 unspecified atom stereocenters. The van der Waals surface area contributed by atoms with Crippen molar-refractivity contribution in [1.29, 1.82) is 0 Å². The second-order valence-electron chi connectivity index (χ2n) is 8.68. The molecule has 2 aromatic rings. The summed E-state index contributed by atoms with van der Waals surface area (Å²) in [5.74, 6) is 2.85. The van der Waals surface area contributed by atoms with Crippen molar-refractivity contribution in [3.05, 3.63) is 54.1 Å². The summed E-state index contributed by atoms with van der Waals surface area (Å²) < 4.78 is 11.7. The second-order valence-corrected chi connectivity index (χ2v) is 8.68. The van der Waals surface area contributed by atoms with Gasteiger partial charge in [-0.25, -0.2) is 0 Å². The number of carbonyl (C=O) groups is 1. The number of hydrogen-bond donors (Lipinski definition) is 1. The Morgan fingerprint density at radius 2 is 1.70 bits per heavy atom. The summed E-state index contributed by atoms with van der Waals surface area (Å²) in [4.78, 5) is 12.6. The Kier molecular flexibility index (Phi) is 8.61. The first kappa shape index (κ1) is 22.2. The molecule has 0 saturated heterocycles. The standard InChI is InChI=1S/C26H35NO3/c1-20(2)15-17-30-25-10-6-9-22(19-25)26(28)27-23-11-13-24(14-12-23)29-18-16-21-7-4-3-5-8-21/h6,9-14,19-21H,3-5,7-8,15-18H2,1-2H3,(H,27,28). The number of benzene rings is 2. The Morgan fingerprint density at radius 1 is 0.967 bits per heavy atom. The summed E-state index contributed by atoms with van der Waals surface area (Å²) in [5.41, 5.74) is 1.34. The first-order valence-corrected chi connectivity index (χ1v) is 11.4. The van der Waals surface area contributed by atoms with Crippen LogP contribution in [-0.2, 0) is 0 Å². The predicted molar refractivity (Wildman–Crippen MR) is 122 cm³/mol. The van der Waals surface area contributed by atoms with E-state index in [2.05, 4.69) is 19.2 Å². The van der Waals surface area contributed by atoms with Gasteiger partial charge in [0, 0.05) is 11.3 Å². The zero-order chi connectivity index (χ0) is 21.2. The van der Waals surface area contributed by atoms with E-state index in [9.17, 15) is 4.79 Å². The van der Waals surface area contributed by atoms with Gasteiger partial charge < -0.3 is 14.8 Å². The van der Waals surface area contributed by atoms with Crippen molar-refractivity contribution < 1.29 is 14.3 Å². The molecule has 0 aliphatic heterocycles. The molecule has 1 fully saturated rings. The minimum atomic E-state index is -0.143. The van der Waals surface area contributed by atoms with Crippen LogP contribution in [0.3, 0.4) is 0 Å². The van der Waals surface area contributed by atoms with Crippen LogP contribution in [0.5, 0.6) is 11.5 Å². The quantitative estimate of drug-likeness (QED) is 0.474. The third-order valence-electron chi connectivity index (χ3n) is 5.69. The molecule has 1 N–H and O–H groups in total. The normalized spacial score (nSPS) is 14.5. The van der Waals surface area contributed by atoms with Crippen LogP contribution in [0.15, 0.2) is 48.5 Å². The molecule has 1 aliphatic rings. The average molecular weight is 410 g/mol. The average Bonchev–Trinajstić information content (AvgIpc) is 2.76. The van der Waals surface area contributed by atoms with E-state index in [0.29, 0.717) is 18.1 Å². The van der Waals surface area contributed by atoms with Gasteiger partial charge in [-0.2, -0.15) is 0 Å². The Balaban J connectivity index is 1.45. The van der Waals surface area contributed by atoms with Crippen LogP contribution in [0.25, 0.3) is 0 Å². The minimum absolute atomic E-state index is 0.143. The van der Waals surface area contributed by atoms with Crippen molar-refractivity contribution in [2.24, 2.45) is 11.8 Å². The van der Waals surface area contributed by atoms with Crippen molar-refractivity contribution in [3.63, 3.8) is 0 Å². The third kappa shape index (κ3) is 7.40. The molecule has 30 heavy (non-hydrogen) atoms. The van der Waals surface area contributed by atoms with E-state index in [1.165, 1.54) is 32.1 Å². The maximum Gasteiger partial charge on any atom is 0.255 e. The molecule has 3 rings (SSSR count). The Bertz CT molecular complexity index is 779. The summed E-state index contributed by atoms with van der Waals surface area (Å²) in [6.45, 7) is 5.76. The first-order valence-electron chi connectivity index (χ1n) is 11.4. The fourth-order valence-electron chi connectivity index (χ4n) is 3.80. The molecule has 0 atom stereocenters. The minimum Gasteiger partial charge on any atom is -0.494 e. The van der Waals surface area contributed by atoms with Crippen molar-refractivity contribution in [2.75, 3.05) is 18.5 Å². The fraction of sp³-hybridized carbons (Fsp3) is 0.500. The molecule has 0 aromatic heterocycles. The molecule has 0 spiro atoms. The third-order valence-corrected chi connectivity index (χ3v) is 5.69. The summed E-state index contributed by atoms with van der Waals surface area (Å²) in [5, 5.41) is 2.94. The maximum absolute atomic E-state index is 12.6. The summed E-state index contributed by atoms with van der Waals surface area (Å²) >= 11 is 0. The Labute approximate surface area is 181 Å². The molecule has 1 saturated carbocycles. The van der Waals surface area contributed by atoms with Gasteiger partial charge in [0.05, 0.1) is 13.2 Å². The predicted octanol–water partition coefficient (Wildman–Crippen LogP) is 6.71. The van der Waals surface area contributed by atoms with Gasteiger partial charge in [-0.15, -0.1) is 0 Å². The topological polar surface area (TPSA) is 47.6 Å². The summed E-state index contributed by atoms with van der Waals surface area (Å²) in [6, 6.07) is 14.9. The number of ether oxygens (including phenoxy) is 2. The van der Waals surface area contributed by atoms with Crippen LogP contribution in [0.1, 0.15) is 69.2 Å². The number of rotatable bonds is 10. The van der Waals surface area contributed by atoms with Gasteiger partial charge >= 0.3 is 0 Å². The molecule has 162 valence electrons. The number of nitrogens with one attached hydrogen (secondary N) is 1. The van der Waals surface area contributed by atoms with E-state index in [4.69, 9.17) is 9.47 Å². The lowest BCUT2D eigenvalue weighted by molar-refractivity contribution is 0.102. The van der Waals surface area contributed by atoms with Crippen LogP contribution in [0.4, 0.5) is 5.69 Å². The zero-order valence-electron chi connectivity index (χ0n) is 18.4. The monoisotopic (exact) mass is 409 g/mol. The molecule has 2 aromatic carbocycles. The zero-order valence-corrected chi connectivity index (χ0v) is 18.4. The molecular weight excluding hydrogens is 374 g/mol. The Hall–Kier alpha value is -2.49. The molecule has 1 amide bonds. The number of carbonyl (C=O) groups excluding carboxylic acids is 1. The van der Waals surface area contributed by atoms with E-state index in [-0.39, 0.29) is 5.91 Å². The smallest absolute Gasteiger partial charge is 0.255 e. The van der Waals surface area contributed by atoms with Gasteiger partial charge in [-0.1, -0.05) is 52.0 Å². The highest BCUT2D eigenvalue weighted by molar-refractivity contribution is 6.04. The second kappa shape index (κ2) is 11.6. The van der Waals surface area contributed by atoms with Crippen LogP contribution in [0, 0.1) is 11.8 Å². The van der Waals surface area contributed by atoms with Crippen LogP contribution < -0.4 is 14.8 Å². The van der Waals surface area contributed by atoms with Crippen molar-refractivity contribution >= 4 is 11.6 Å². The molecule has 4 heteroatoms. The molecule has 1 aliphatic carbocycles. The Morgan fingerprint density at radius 3 is 2.43 bits per heavy atom. The summed E-state index contributed by atoms with van der Waals surface area (Å²) in [7, 11) is 0. The van der Waals surface area contributed by atoms with Crippen LogP contribution in [-0.4, -0.2) is 19.1 Å². The van der Waals surface area contributed by atoms with Crippen molar-refractivity contribution in [2.45, 2.75) is 58.8 Å². The lowest BCUT2D eigenvalue weighted by atomic mass is 9.87. The van der Waals surface area contributed by atoms with Gasteiger partial charge in [0.15, 0.2) is 0 Å². The van der Waals surface area contributed by atoms with Crippen molar-refractivity contribution in [3.8, 4) is 11.5 Å². The van der Waals surface area contributed by atoms with Gasteiger partial charge in [-0.05, 0) is 67.1 Å². The lowest BCUT2D eigenvalue weighted by Crippen LogP contribution is -2.12. The van der Waals surface area contributed by atoms with Gasteiger partial charge in [0.25, 0.3) is 5.91 Å². The number of anilines is 1. The lowest BCUT2D eigenvalue weighted by Gasteiger charge is -2.21. The molecule has 0 heterocycles. The van der Waals surface area contributed by atoms with E-state index >= 15 is 0 Å². The van der Waals surface area contributed by atoms with E-state index in [1.807, 2.05) is 36.4 Å². The molecule has 0 radical (unpaired) electrons. The first-order chi connectivity index (χ1) is 14.6. The van der Waals surface area contributed by atoms with Crippen LogP contribution in [0.2, 0.25) is 0 Å². The molecule has 4 nitrogen and oxygen atoms in total. The highest BCUT2D eigenvalue weighted by Crippen LogP contribution is 2.26. The summed E-state index contributed by atoms with van der Waals surface area (Å²) in [6.07, 6.45) is 8.94. The number of hydrogen-bond acceptors (Lipinski definition) is 3. The SMILES string of the molecule is CC(C)CCOc1cccc(C(=O)Nc2ccc(OCCC3CCCCC3)cc2)c1. The highest BCUT2D eigenvalue weighted by Gasteiger charge is 2.13.